The monoisotopic (exact) mass is 310 g/mol. The smallest absolute Gasteiger partial charge is 0.264 e. The Labute approximate surface area is 131 Å². The van der Waals surface area contributed by atoms with Crippen molar-refractivity contribution in [1.29, 1.82) is 0 Å². The highest BCUT2D eigenvalue weighted by molar-refractivity contribution is 7.08. The highest BCUT2D eigenvalue weighted by Gasteiger charge is 2.17. The Hall–Kier alpha value is -1.01. The van der Waals surface area contributed by atoms with Gasteiger partial charge in [0.1, 0.15) is 4.88 Å². The van der Waals surface area contributed by atoms with Crippen LogP contribution in [0, 0.1) is 0 Å². The van der Waals surface area contributed by atoms with Crippen LogP contribution in [-0.2, 0) is 6.42 Å². The molecule has 1 aliphatic heterocycles. The molecule has 2 rings (SSSR count). The minimum absolute atomic E-state index is 0.0202. The van der Waals surface area contributed by atoms with Crippen LogP contribution in [0.2, 0.25) is 0 Å². The third-order valence-electron chi connectivity index (χ3n) is 4.20. The molecular weight excluding hydrogens is 284 g/mol. The Morgan fingerprint density at radius 2 is 2.29 bits per heavy atom. The number of amides is 1. The van der Waals surface area contributed by atoms with Crippen LogP contribution in [0.15, 0.2) is 0 Å². The molecule has 0 radical (unpaired) electrons. The number of nitrogens with one attached hydrogen (secondary N) is 1. The first kappa shape index (κ1) is 16.4. The van der Waals surface area contributed by atoms with Gasteiger partial charge in [-0.05, 0) is 63.6 Å². The lowest BCUT2D eigenvalue weighted by Crippen LogP contribution is -2.38. The molecule has 2 heterocycles. The number of aryl methyl sites for hydroxylation is 1. The summed E-state index contributed by atoms with van der Waals surface area (Å²) in [5.74, 6) is -0.0202. The number of piperidine rings is 1. The molecule has 1 fully saturated rings. The summed E-state index contributed by atoms with van der Waals surface area (Å²) < 4.78 is 3.85. The molecule has 0 spiro atoms. The van der Waals surface area contributed by atoms with E-state index in [1.807, 2.05) is 6.92 Å². The maximum atomic E-state index is 12.0. The van der Waals surface area contributed by atoms with E-state index in [1.54, 1.807) is 0 Å². The van der Waals surface area contributed by atoms with Crippen LogP contribution in [0.25, 0.3) is 0 Å². The molecule has 1 atom stereocenters. The maximum absolute atomic E-state index is 12.0. The first-order chi connectivity index (χ1) is 10.2. The van der Waals surface area contributed by atoms with Gasteiger partial charge in [-0.15, -0.1) is 5.10 Å². The predicted octanol–water partition coefficient (Wildman–Crippen LogP) is 2.48. The van der Waals surface area contributed by atoms with Crippen molar-refractivity contribution in [3.05, 3.63) is 10.6 Å². The van der Waals surface area contributed by atoms with E-state index in [2.05, 4.69) is 26.7 Å². The summed E-state index contributed by atoms with van der Waals surface area (Å²) in [5.41, 5.74) is 0.805. The van der Waals surface area contributed by atoms with E-state index in [4.69, 9.17) is 0 Å². The Morgan fingerprint density at radius 1 is 1.43 bits per heavy atom. The summed E-state index contributed by atoms with van der Waals surface area (Å²) in [6.45, 7) is 7.44. The van der Waals surface area contributed by atoms with Gasteiger partial charge in [0, 0.05) is 12.6 Å². The molecule has 0 saturated carbocycles. The number of rotatable bonds is 7. The lowest BCUT2D eigenvalue weighted by Gasteiger charge is -2.33. The van der Waals surface area contributed by atoms with Gasteiger partial charge in [0.2, 0.25) is 0 Å². The van der Waals surface area contributed by atoms with Gasteiger partial charge in [-0.25, -0.2) is 0 Å². The molecule has 6 heteroatoms. The zero-order valence-corrected chi connectivity index (χ0v) is 13.9. The van der Waals surface area contributed by atoms with Crippen LogP contribution in [0.1, 0.15) is 61.3 Å². The SMILES string of the molecule is CCc1nnsc1C(=O)NCCCCN1CCCCC1C. The van der Waals surface area contributed by atoms with Gasteiger partial charge in [-0.2, -0.15) is 0 Å². The first-order valence-corrected chi connectivity index (χ1v) is 8.83. The van der Waals surface area contributed by atoms with Crippen molar-refractivity contribution in [2.75, 3.05) is 19.6 Å². The molecule has 1 aromatic heterocycles. The fraction of sp³-hybridized carbons (Fsp3) is 0.800. The van der Waals surface area contributed by atoms with E-state index in [1.165, 1.54) is 37.3 Å². The number of carbonyl (C=O) groups is 1. The standard InChI is InChI=1S/C15H26N4OS/c1-3-13-14(21-18-17-13)15(20)16-9-5-7-11-19-10-6-4-8-12(19)2/h12H,3-11H2,1-2H3,(H,16,20). The minimum Gasteiger partial charge on any atom is -0.351 e. The third-order valence-corrected chi connectivity index (χ3v) is 4.96. The van der Waals surface area contributed by atoms with Crippen LogP contribution >= 0.6 is 11.5 Å². The number of hydrogen-bond acceptors (Lipinski definition) is 5. The van der Waals surface area contributed by atoms with Crippen molar-refractivity contribution in [3.8, 4) is 0 Å². The van der Waals surface area contributed by atoms with Crippen molar-refractivity contribution in [2.45, 2.75) is 58.4 Å². The average molecular weight is 310 g/mol. The van der Waals surface area contributed by atoms with E-state index in [0.29, 0.717) is 4.88 Å². The van der Waals surface area contributed by atoms with Gasteiger partial charge in [0.15, 0.2) is 0 Å². The molecule has 5 nitrogen and oxygen atoms in total. The average Bonchev–Trinajstić information content (AvgIpc) is 2.97. The fourth-order valence-corrected chi connectivity index (χ4v) is 3.49. The predicted molar refractivity (Wildman–Crippen MR) is 85.7 cm³/mol. The van der Waals surface area contributed by atoms with Gasteiger partial charge in [-0.1, -0.05) is 17.8 Å². The normalized spacial score (nSPS) is 19.6. The largest absolute Gasteiger partial charge is 0.351 e. The third kappa shape index (κ3) is 4.74. The Balaban J connectivity index is 1.62. The summed E-state index contributed by atoms with van der Waals surface area (Å²) >= 11 is 1.19. The van der Waals surface area contributed by atoms with Crippen LogP contribution in [0.5, 0.6) is 0 Å². The topological polar surface area (TPSA) is 58.1 Å². The van der Waals surface area contributed by atoms with Gasteiger partial charge >= 0.3 is 0 Å². The highest BCUT2D eigenvalue weighted by atomic mass is 32.1. The summed E-state index contributed by atoms with van der Waals surface area (Å²) in [6.07, 6.45) is 6.96. The van der Waals surface area contributed by atoms with E-state index in [9.17, 15) is 4.79 Å². The quantitative estimate of drug-likeness (QED) is 0.786. The zero-order valence-electron chi connectivity index (χ0n) is 13.1. The number of nitrogens with zero attached hydrogens (tertiary/aromatic N) is 3. The van der Waals surface area contributed by atoms with Crippen molar-refractivity contribution in [2.24, 2.45) is 0 Å². The molecule has 1 aliphatic rings. The lowest BCUT2D eigenvalue weighted by molar-refractivity contribution is 0.0954. The van der Waals surface area contributed by atoms with Crippen LogP contribution < -0.4 is 5.32 Å². The molecule has 118 valence electrons. The first-order valence-electron chi connectivity index (χ1n) is 8.05. The van der Waals surface area contributed by atoms with E-state index in [0.717, 1.165) is 44.1 Å². The summed E-state index contributed by atoms with van der Waals surface area (Å²) in [6, 6.07) is 0.726. The molecule has 1 saturated heterocycles. The van der Waals surface area contributed by atoms with Crippen molar-refractivity contribution in [3.63, 3.8) is 0 Å². The second-order valence-corrected chi connectivity index (χ2v) is 6.50. The van der Waals surface area contributed by atoms with Crippen molar-refractivity contribution < 1.29 is 4.79 Å². The molecular formula is C15H26N4OS. The highest BCUT2D eigenvalue weighted by Crippen LogP contribution is 2.16. The molecule has 1 aromatic rings. The van der Waals surface area contributed by atoms with E-state index in [-0.39, 0.29) is 5.91 Å². The van der Waals surface area contributed by atoms with Gasteiger partial charge in [-0.3, -0.25) is 4.79 Å². The van der Waals surface area contributed by atoms with Gasteiger partial charge < -0.3 is 10.2 Å². The second kappa shape index (κ2) is 8.44. The number of likely N-dealkylation sites (tertiary alicyclic amines) is 1. The van der Waals surface area contributed by atoms with Crippen LogP contribution in [-0.4, -0.2) is 46.1 Å². The van der Waals surface area contributed by atoms with Gasteiger partial charge in [0.25, 0.3) is 5.91 Å². The molecule has 1 unspecified atom stereocenters. The summed E-state index contributed by atoms with van der Waals surface area (Å²) in [4.78, 5) is 15.3. The number of unbranched alkanes of at least 4 members (excludes halogenated alkanes) is 1. The summed E-state index contributed by atoms with van der Waals surface area (Å²) in [7, 11) is 0. The number of aromatic nitrogens is 2. The van der Waals surface area contributed by atoms with Crippen molar-refractivity contribution in [1.82, 2.24) is 19.8 Å². The Bertz CT molecular complexity index is 449. The Morgan fingerprint density at radius 3 is 3.05 bits per heavy atom. The number of carbonyl (C=O) groups excluding carboxylic acids is 1. The van der Waals surface area contributed by atoms with E-state index < -0.39 is 0 Å². The van der Waals surface area contributed by atoms with Crippen LogP contribution in [0.3, 0.4) is 0 Å². The lowest BCUT2D eigenvalue weighted by atomic mass is 10.0. The molecule has 1 N–H and O–H groups in total. The zero-order chi connectivity index (χ0) is 15.1. The van der Waals surface area contributed by atoms with Gasteiger partial charge in [0.05, 0.1) is 5.69 Å². The fourth-order valence-electron chi connectivity index (χ4n) is 2.82. The second-order valence-electron chi connectivity index (χ2n) is 5.75. The number of hydrogen-bond donors (Lipinski definition) is 1. The molecule has 1 amide bonds. The minimum atomic E-state index is -0.0202. The molecule has 21 heavy (non-hydrogen) atoms. The maximum Gasteiger partial charge on any atom is 0.264 e. The molecule has 0 aliphatic carbocycles. The molecule has 0 aromatic carbocycles. The van der Waals surface area contributed by atoms with Crippen molar-refractivity contribution >= 4 is 17.4 Å². The Kier molecular flexibility index (Phi) is 6.57. The molecule has 0 bridgehead atoms. The summed E-state index contributed by atoms with van der Waals surface area (Å²) in [5, 5.41) is 6.95. The van der Waals surface area contributed by atoms with Crippen LogP contribution in [0.4, 0.5) is 0 Å². The van der Waals surface area contributed by atoms with E-state index >= 15 is 0 Å².